The molecule has 176 valence electrons. The molecule has 0 saturated carbocycles. The SMILES string of the molecule is Cc1ccc(C(=O)N[C@@]2(C(F)(F)F)C(=O)Nc3c2c(=O)[nH]c(=O)n3CCc2ccccc2)cc1. The molecule has 11 heteroatoms. The van der Waals surface area contributed by atoms with Gasteiger partial charge in [-0.05, 0) is 31.0 Å². The third kappa shape index (κ3) is 3.78. The third-order valence-electron chi connectivity index (χ3n) is 5.65. The van der Waals surface area contributed by atoms with Crippen LogP contribution < -0.4 is 21.9 Å². The van der Waals surface area contributed by atoms with Crippen LogP contribution >= 0.6 is 0 Å². The Hall–Kier alpha value is -4.15. The number of alkyl halides is 3. The van der Waals surface area contributed by atoms with E-state index in [1.165, 1.54) is 24.3 Å². The van der Waals surface area contributed by atoms with E-state index in [1.807, 2.05) is 10.3 Å². The molecule has 0 bridgehead atoms. The van der Waals surface area contributed by atoms with Gasteiger partial charge in [0.1, 0.15) is 11.4 Å². The van der Waals surface area contributed by atoms with Gasteiger partial charge in [0, 0.05) is 12.1 Å². The monoisotopic (exact) mass is 472 g/mol. The summed E-state index contributed by atoms with van der Waals surface area (Å²) in [4.78, 5) is 52.4. The second-order valence-corrected chi connectivity index (χ2v) is 7.89. The molecule has 4 rings (SSSR count). The lowest BCUT2D eigenvalue weighted by Crippen LogP contribution is -2.62. The molecule has 8 nitrogen and oxygen atoms in total. The van der Waals surface area contributed by atoms with Crippen LogP contribution in [-0.4, -0.2) is 27.5 Å². The lowest BCUT2D eigenvalue weighted by Gasteiger charge is -2.30. The zero-order valence-electron chi connectivity index (χ0n) is 17.8. The second kappa shape index (κ2) is 8.32. The van der Waals surface area contributed by atoms with Crippen molar-refractivity contribution in [1.82, 2.24) is 14.9 Å². The molecule has 2 heterocycles. The van der Waals surface area contributed by atoms with Crippen molar-refractivity contribution in [3.8, 4) is 0 Å². The summed E-state index contributed by atoms with van der Waals surface area (Å²) in [6, 6.07) is 14.5. The fraction of sp³-hybridized carbons (Fsp3) is 0.217. The third-order valence-corrected chi connectivity index (χ3v) is 5.65. The number of aromatic nitrogens is 2. The number of carbonyl (C=O) groups excluding carboxylic acids is 2. The molecule has 0 aliphatic carbocycles. The predicted octanol–water partition coefficient (Wildman–Crippen LogP) is 2.23. The smallest absolute Gasteiger partial charge is 0.326 e. The highest BCUT2D eigenvalue weighted by Gasteiger charge is 2.68. The molecular weight excluding hydrogens is 453 g/mol. The van der Waals surface area contributed by atoms with E-state index >= 15 is 0 Å². The summed E-state index contributed by atoms with van der Waals surface area (Å²) in [5, 5.41) is 3.74. The normalized spacial score (nSPS) is 17.2. The molecule has 1 aliphatic rings. The van der Waals surface area contributed by atoms with E-state index in [4.69, 9.17) is 0 Å². The number of anilines is 1. The second-order valence-electron chi connectivity index (χ2n) is 7.89. The van der Waals surface area contributed by atoms with Gasteiger partial charge in [0.15, 0.2) is 0 Å². The molecular formula is C23H19F3N4O4. The van der Waals surface area contributed by atoms with E-state index in [9.17, 15) is 32.3 Å². The molecule has 0 unspecified atom stereocenters. The largest absolute Gasteiger partial charge is 0.425 e. The molecule has 3 N–H and O–H groups in total. The number of hydrogen-bond donors (Lipinski definition) is 3. The van der Waals surface area contributed by atoms with E-state index in [0.29, 0.717) is 0 Å². The van der Waals surface area contributed by atoms with Crippen LogP contribution in [0.3, 0.4) is 0 Å². The number of rotatable bonds is 5. The molecule has 0 fully saturated rings. The average molecular weight is 472 g/mol. The van der Waals surface area contributed by atoms with Gasteiger partial charge in [-0.15, -0.1) is 0 Å². The fourth-order valence-corrected chi connectivity index (χ4v) is 3.87. The summed E-state index contributed by atoms with van der Waals surface area (Å²) >= 11 is 0. The van der Waals surface area contributed by atoms with Crippen molar-refractivity contribution in [2.75, 3.05) is 5.32 Å². The van der Waals surface area contributed by atoms with Crippen LogP contribution in [-0.2, 0) is 23.3 Å². The van der Waals surface area contributed by atoms with Crippen molar-refractivity contribution in [3.05, 3.63) is 97.7 Å². The van der Waals surface area contributed by atoms with Crippen molar-refractivity contribution in [2.45, 2.75) is 31.6 Å². The maximum Gasteiger partial charge on any atom is 0.425 e. The molecule has 1 atom stereocenters. The summed E-state index contributed by atoms with van der Waals surface area (Å²) in [5.41, 5.74) is -5.75. The topological polar surface area (TPSA) is 113 Å². The predicted molar refractivity (Wildman–Crippen MR) is 116 cm³/mol. The Morgan fingerprint density at radius 3 is 2.29 bits per heavy atom. The summed E-state index contributed by atoms with van der Waals surface area (Å²) in [6.07, 6.45) is -5.15. The first kappa shape index (κ1) is 23.0. The highest BCUT2D eigenvalue weighted by molar-refractivity contribution is 6.09. The van der Waals surface area contributed by atoms with Crippen molar-refractivity contribution in [2.24, 2.45) is 0 Å². The molecule has 1 aliphatic heterocycles. The molecule has 1 aromatic heterocycles. The van der Waals surface area contributed by atoms with E-state index in [1.54, 1.807) is 42.6 Å². The number of carbonyl (C=O) groups is 2. The summed E-state index contributed by atoms with van der Waals surface area (Å²) in [5.74, 6) is -3.49. The van der Waals surface area contributed by atoms with Crippen LogP contribution in [0.5, 0.6) is 0 Å². The Morgan fingerprint density at radius 1 is 1.03 bits per heavy atom. The Balaban J connectivity index is 1.82. The van der Waals surface area contributed by atoms with Crippen LogP contribution in [0, 0.1) is 6.92 Å². The van der Waals surface area contributed by atoms with Crippen LogP contribution in [0.4, 0.5) is 19.0 Å². The zero-order chi connectivity index (χ0) is 24.7. The standard InChI is InChI=1S/C23H19F3N4O4/c1-13-7-9-15(10-8-13)18(31)29-22(23(24,25)26)16-17(27-20(22)33)30(21(34)28-19(16)32)12-11-14-5-3-2-4-6-14/h2-10H,11-12H2,1H3,(H,27,33)(H,29,31)(H,28,32,34)/t22-/m1/s1. The first-order valence-corrected chi connectivity index (χ1v) is 10.2. The number of fused-ring (bicyclic) bond motifs is 1. The van der Waals surface area contributed by atoms with Crippen LogP contribution in [0.15, 0.2) is 64.2 Å². The number of nitrogens with zero attached hydrogens (tertiary/aromatic N) is 1. The van der Waals surface area contributed by atoms with Crippen LogP contribution in [0.2, 0.25) is 0 Å². The highest BCUT2D eigenvalue weighted by atomic mass is 19.4. The summed E-state index contributed by atoms with van der Waals surface area (Å²) in [6.45, 7) is 1.61. The van der Waals surface area contributed by atoms with Gasteiger partial charge in [0.05, 0.1) is 0 Å². The van der Waals surface area contributed by atoms with Crippen molar-refractivity contribution < 1.29 is 22.8 Å². The Labute approximate surface area is 190 Å². The molecule has 2 amide bonds. The molecule has 0 spiro atoms. The van der Waals surface area contributed by atoms with Gasteiger partial charge in [0.2, 0.25) is 0 Å². The van der Waals surface area contributed by atoms with Crippen LogP contribution in [0.1, 0.15) is 27.0 Å². The number of nitrogens with one attached hydrogen (secondary N) is 3. The maximum absolute atomic E-state index is 14.4. The number of benzene rings is 2. The van der Waals surface area contributed by atoms with Gasteiger partial charge in [-0.1, -0.05) is 48.0 Å². The van der Waals surface area contributed by atoms with Crippen LogP contribution in [0.25, 0.3) is 0 Å². The number of halogens is 3. The van der Waals surface area contributed by atoms with Crippen molar-refractivity contribution in [3.63, 3.8) is 0 Å². The minimum absolute atomic E-state index is 0.123. The van der Waals surface area contributed by atoms with E-state index in [-0.39, 0.29) is 18.5 Å². The zero-order valence-corrected chi connectivity index (χ0v) is 17.8. The molecule has 3 aromatic rings. The van der Waals surface area contributed by atoms with Gasteiger partial charge in [-0.25, -0.2) is 4.79 Å². The minimum atomic E-state index is -5.39. The number of H-pyrrole nitrogens is 1. The molecule has 2 aromatic carbocycles. The fourth-order valence-electron chi connectivity index (χ4n) is 3.87. The van der Waals surface area contributed by atoms with Gasteiger partial charge in [-0.2, -0.15) is 13.2 Å². The van der Waals surface area contributed by atoms with Crippen molar-refractivity contribution >= 4 is 17.6 Å². The molecule has 34 heavy (non-hydrogen) atoms. The van der Waals surface area contributed by atoms with E-state index in [2.05, 4.69) is 0 Å². The van der Waals surface area contributed by atoms with E-state index < -0.39 is 46.2 Å². The Bertz CT molecular complexity index is 1380. The lowest BCUT2D eigenvalue weighted by atomic mass is 9.91. The Morgan fingerprint density at radius 2 is 1.68 bits per heavy atom. The van der Waals surface area contributed by atoms with Crippen molar-refractivity contribution in [1.29, 1.82) is 0 Å². The molecule has 0 radical (unpaired) electrons. The number of aromatic amines is 1. The summed E-state index contributed by atoms with van der Waals surface area (Å²) < 4.78 is 44.2. The maximum atomic E-state index is 14.4. The van der Waals surface area contributed by atoms with Gasteiger partial charge >= 0.3 is 11.9 Å². The summed E-state index contributed by atoms with van der Waals surface area (Å²) in [7, 11) is 0. The Kier molecular flexibility index (Phi) is 5.64. The first-order chi connectivity index (χ1) is 16.0. The van der Waals surface area contributed by atoms with Gasteiger partial charge < -0.3 is 10.6 Å². The lowest BCUT2D eigenvalue weighted by molar-refractivity contribution is -0.196. The first-order valence-electron chi connectivity index (χ1n) is 10.2. The average Bonchev–Trinajstić information content (AvgIpc) is 3.08. The number of hydrogen-bond acceptors (Lipinski definition) is 4. The van der Waals surface area contributed by atoms with Gasteiger partial charge in [0.25, 0.3) is 22.9 Å². The molecule has 0 saturated heterocycles. The quantitative estimate of drug-likeness (QED) is 0.529. The number of amides is 2. The highest BCUT2D eigenvalue weighted by Crippen LogP contribution is 2.45. The number of aryl methyl sites for hydroxylation is 2. The van der Waals surface area contributed by atoms with E-state index in [0.717, 1.165) is 15.7 Å². The van der Waals surface area contributed by atoms with Gasteiger partial charge in [-0.3, -0.25) is 23.9 Å². The minimum Gasteiger partial charge on any atom is -0.326 e.